The Labute approximate surface area is 84.3 Å². The summed E-state index contributed by atoms with van der Waals surface area (Å²) in [7, 11) is 0. The standard InChI is InChI=1S/C12H15NO/c1-7-8(2)13-12-5-4-10(9(3)14)6-11(7)12/h4-8,13H,1-3H3. The largest absolute Gasteiger partial charge is 0.382 e. The Morgan fingerprint density at radius 1 is 1.36 bits per heavy atom. The van der Waals surface area contributed by atoms with E-state index in [9.17, 15) is 4.79 Å². The molecule has 0 fully saturated rings. The molecule has 2 atom stereocenters. The van der Waals surface area contributed by atoms with Crippen molar-refractivity contribution in [1.29, 1.82) is 0 Å². The molecule has 2 unspecified atom stereocenters. The van der Waals surface area contributed by atoms with Crippen LogP contribution in [0.4, 0.5) is 5.69 Å². The highest BCUT2D eigenvalue weighted by Crippen LogP contribution is 2.35. The van der Waals surface area contributed by atoms with Crippen molar-refractivity contribution in [3.05, 3.63) is 29.3 Å². The molecule has 0 saturated carbocycles. The minimum Gasteiger partial charge on any atom is -0.382 e. The van der Waals surface area contributed by atoms with Crippen molar-refractivity contribution in [3.63, 3.8) is 0 Å². The van der Waals surface area contributed by atoms with Gasteiger partial charge in [0.1, 0.15) is 0 Å². The van der Waals surface area contributed by atoms with Crippen LogP contribution in [0, 0.1) is 0 Å². The third-order valence-corrected chi connectivity index (χ3v) is 3.08. The highest BCUT2D eigenvalue weighted by atomic mass is 16.1. The Balaban J connectivity index is 2.46. The molecule has 0 bridgehead atoms. The van der Waals surface area contributed by atoms with Gasteiger partial charge in [0, 0.05) is 23.2 Å². The van der Waals surface area contributed by atoms with E-state index in [1.165, 1.54) is 11.3 Å². The van der Waals surface area contributed by atoms with Crippen molar-refractivity contribution < 1.29 is 4.79 Å². The first-order valence-corrected chi connectivity index (χ1v) is 5.01. The lowest BCUT2D eigenvalue weighted by Crippen LogP contribution is -2.12. The van der Waals surface area contributed by atoms with Gasteiger partial charge in [-0.15, -0.1) is 0 Å². The molecule has 0 amide bonds. The van der Waals surface area contributed by atoms with Crippen molar-refractivity contribution in [2.24, 2.45) is 0 Å². The van der Waals surface area contributed by atoms with E-state index in [2.05, 4.69) is 19.2 Å². The van der Waals surface area contributed by atoms with Gasteiger partial charge in [-0.2, -0.15) is 0 Å². The Bertz CT molecular complexity index is 384. The number of ketones is 1. The van der Waals surface area contributed by atoms with Crippen LogP contribution in [-0.2, 0) is 0 Å². The van der Waals surface area contributed by atoms with Gasteiger partial charge in [0.25, 0.3) is 0 Å². The Hall–Kier alpha value is -1.31. The van der Waals surface area contributed by atoms with Crippen LogP contribution in [0.1, 0.15) is 42.6 Å². The van der Waals surface area contributed by atoms with Crippen molar-refractivity contribution in [2.45, 2.75) is 32.7 Å². The number of carbonyl (C=O) groups is 1. The van der Waals surface area contributed by atoms with Gasteiger partial charge in [0.05, 0.1) is 0 Å². The average molecular weight is 189 g/mol. The summed E-state index contributed by atoms with van der Waals surface area (Å²) in [4.78, 5) is 11.2. The van der Waals surface area contributed by atoms with Crippen molar-refractivity contribution >= 4 is 11.5 Å². The van der Waals surface area contributed by atoms with Gasteiger partial charge in [0.15, 0.2) is 5.78 Å². The van der Waals surface area contributed by atoms with Gasteiger partial charge in [0.2, 0.25) is 0 Å². The second-order valence-corrected chi connectivity index (χ2v) is 4.08. The molecule has 1 aliphatic heterocycles. The molecule has 1 aliphatic rings. The molecule has 1 aromatic carbocycles. The van der Waals surface area contributed by atoms with Gasteiger partial charge >= 0.3 is 0 Å². The van der Waals surface area contributed by atoms with Gasteiger partial charge in [-0.25, -0.2) is 0 Å². The van der Waals surface area contributed by atoms with Gasteiger partial charge in [-0.3, -0.25) is 4.79 Å². The Morgan fingerprint density at radius 2 is 2.07 bits per heavy atom. The zero-order chi connectivity index (χ0) is 10.3. The van der Waals surface area contributed by atoms with Crippen LogP contribution in [0.3, 0.4) is 0 Å². The van der Waals surface area contributed by atoms with Gasteiger partial charge in [-0.1, -0.05) is 6.92 Å². The van der Waals surface area contributed by atoms with Crippen LogP contribution >= 0.6 is 0 Å². The zero-order valence-electron chi connectivity index (χ0n) is 8.79. The summed E-state index contributed by atoms with van der Waals surface area (Å²) in [6, 6.07) is 6.37. The van der Waals surface area contributed by atoms with Crippen molar-refractivity contribution in [1.82, 2.24) is 0 Å². The van der Waals surface area contributed by atoms with E-state index in [-0.39, 0.29) is 5.78 Å². The highest BCUT2D eigenvalue weighted by Gasteiger charge is 2.25. The number of rotatable bonds is 1. The Kier molecular flexibility index (Phi) is 2.06. The lowest BCUT2D eigenvalue weighted by atomic mass is 9.96. The zero-order valence-corrected chi connectivity index (χ0v) is 8.79. The third-order valence-electron chi connectivity index (χ3n) is 3.08. The lowest BCUT2D eigenvalue weighted by molar-refractivity contribution is 0.101. The summed E-state index contributed by atoms with van der Waals surface area (Å²) in [6.07, 6.45) is 0. The maximum absolute atomic E-state index is 11.2. The van der Waals surface area contributed by atoms with E-state index in [4.69, 9.17) is 0 Å². The number of carbonyl (C=O) groups excluding carboxylic acids is 1. The van der Waals surface area contributed by atoms with Crippen LogP contribution in [0.2, 0.25) is 0 Å². The van der Waals surface area contributed by atoms with E-state index in [0.29, 0.717) is 12.0 Å². The lowest BCUT2D eigenvalue weighted by Gasteiger charge is -2.08. The summed E-state index contributed by atoms with van der Waals surface area (Å²) < 4.78 is 0. The number of fused-ring (bicyclic) bond motifs is 1. The monoisotopic (exact) mass is 189 g/mol. The van der Waals surface area contributed by atoms with E-state index >= 15 is 0 Å². The minimum atomic E-state index is 0.138. The summed E-state index contributed by atoms with van der Waals surface area (Å²) in [5, 5.41) is 3.40. The van der Waals surface area contributed by atoms with Gasteiger partial charge < -0.3 is 5.32 Å². The fourth-order valence-electron chi connectivity index (χ4n) is 1.93. The highest BCUT2D eigenvalue weighted by molar-refractivity contribution is 5.95. The number of benzene rings is 1. The summed E-state index contributed by atoms with van der Waals surface area (Å²) >= 11 is 0. The van der Waals surface area contributed by atoms with Crippen LogP contribution < -0.4 is 5.32 Å². The summed E-state index contributed by atoms with van der Waals surface area (Å²) in [5.41, 5.74) is 3.26. The molecule has 0 radical (unpaired) electrons. The minimum absolute atomic E-state index is 0.138. The van der Waals surface area contributed by atoms with Crippen LogP contribution in [0.25, 0.3) is 0 Å². The normalized spacial score (nSPS) is 24.2. The summed E-state index contributed by atoms with van der Waals surface area (Å²) in [5.74, 6) is 0.629. The molecule has 1 N–H and O–H groups in total. The number of anilines is 1. The molecular formula is C12H15NO. The van der Waals surface area contributed by atoms with Gasteiger partial charge in [-0.05, 0) is 37.6 Å². The third kappa shape index (κ3) is 1.31. The van der Waals surface area contributed by atoms with E-state index in [0.717, 1.165) is 5.56 Å². The maximum atomic E-state index is 11.2. The Morgan fingerprint density at radius 3 is 2.71 bits per heavy atom. The molecule has 2 nitrogen and oxygen atoms in total. The fraction of sp³-hybridized carbons (Fsp3) is 0.417. The van der Waals surface area contributed by atoms with Crippen LogP contribution in [0.15, 0.2) is 18.2 Å². The first-order chi connectivity index (χ1) is 6.59. The molecular weight excluding hydrogens is 174 g/mol. The second kappa shape index (κ2) is 3.12. The molecule has 0 aliphatic carbocycles. The first-order valence-electron chi connectivity index (χ1n) is 5.01. The maximum Gasteiger partial charge on any atom is 0.159 e. The molecule has 74 valence electrons. The van der Waals surface area contributed by atoms with E-state index < -0.39 is 0 Å². The van der Waals surface area contributed by atoms with Crippen molar-refractivity contribution in [2.75, 3.05) is 5.32 Å². The molecule has 0 saturated heterocycles. The molecule has 1 heterocycles. The molecule has 14 heavy (non-hydrogen) atoms. The van der Waals surface area contributed by atoms with E-state index in [1.807, 2.05) is 18.2 Å². The molecule has 0 aromatic heterocycles. The van der Waals surface area contributed by atoms with Crippen LogP contribution in [-0.4, -0.2) is 11.8 Å². The SMILES string of the molecule is CC(=O)c1ccc2c(c1)C(C)C(C)N2. The topological polar surface area (TPSA) is 29.1 Å². The molecule has 1 aromatic rings. The van der Waals surface area contributed by atoms with E-state index in [1.54, 1.807) is 6.92 Å². The summed E-state index contributed by atoms with van der Waals surface area (Å²) in [6.45, 7) is 5.96. The molecule has 2 heteroatoms. The quantitative estimate of drug-likeness (QED) is 0.688. The fourth-order valence-corrected chi connectivity index (χ4v) is 1.93. The molecule has 0 spiro atoms. The average Bonchev–Trinajstić information content (AvgIpc) is 2.43. The van der Waals surface area contributed by atoms with Crippen molar-refractivity contribution in [3.8, 4) is 0 Å². The predicted molar refractivity (Wildman–Crippen MR) is 57.9 cm³/mol. The molecule has 2 rings (SSSR count). The first kappa shape index (κ1) is 9.25. The smallest absolute Gasteiger partial charge is 0.159 e. The number of nitrogens with one attached hydrogen (secondary N) is 1. The second-order valence-electron chi connectivity index (χ2n) is 4.08. The predicted octanol–water partition coefficient (Wildman–Crippen LogP) is 2.81. The van der Waals surface area contributed by atoms with Crippen LogP contribution in [0.5, 0.6) is 0 Å². The number of Topliss-reactive ketones (excluding diaryl/α,β-unsaturated/α-hetero) is 1. The number of hydrogen-bond acceptors (Lipinski definition) is 2. The number of hydrogen-bond donors (Lipinski definition) is 1.